The topological polar surface area (TPSA) is 58.2 Å². The van der Waals surface area contributed by atoms with Gasteiger partial charge < -0.3 is 10.6 Å². The molecule has 1 aliphatic heterocycles. The van der Waals surface area contributed by atoms with Crippen LogP contribution < -0.4 is 10.6 Å². The SMILES string of the molecule is CC(=O)C1=CNC(=O)N[C@H]1c1ccccc1. The molecule has 0 aliphatic carbocycles. The average molecular weight is 216 g/mol. The van der Waals surface area contributed by atoms with Crippen molar-refractivity contribution in [2.75, 3.05) is 0 Å². The number of Topliss-reactive ketones (excluding diaryl/α,β-unsaturated/α-hetero) is 1. The van der Waals surface area contributed by atoms with Crippen molar-refractivity contribution < 1.29 is 9.59 Å². The number of ketones is 1. The molecule has 1 heterocycles. The Hall–Kier alpha value is -2.10. The van der Waals surface area contributed by atoms with E-state index in [0.717, 1.165) is 5.56 Å². The highest BCUT2D eigenvalue weighted by Crippen LogP contribution is 2.23. The van der Waals surface area contributed by atoms with Crippen LogP contribution in [0.15, 0.2) is 42.1 Å². The number of amides is 2. The van der Waals surface area contributed by atoms with Gasteiger partial charge in [0.2, 0.25) is 0 Å². The van der Waals surface area contributed by atoms with Crippen LogP contribution in [0.4, 0.5) is 4.79 Å². The van der Waals surface area contributed by atoms with Gasteiger partial charge in [0.1, 0.15) is 0 Å². The molecule has 0 spiro atoms. The van der Waals surface area contributed by atoms with Crippen LogP contribution in [-0.2, 0) is 4.79 Å². The maximum absolute atomic E-state index is 11.4. The molecule has 2 amide bonds. The van der Waals surface area contributed by atoms with E-state index < -0.39 is 0 Å². The van der Waals surface area contributed by atoms with Crippen LogP contribution in [0.3, 0.4) is 0 Å². The van der Waals surface area contributed by atoms with Crippen LogP contribution in [0.1, 0.15) is 18.5 Å². The van der Waals surface area contributed by atoms with Crippen LogP contribution in [0.2, 0.25) is 0 Å². The van der Waals surface area contributed by atoms with Crippen molar-refractivity contribution in [1.82, 2.24) is 10.6 Å². The molecule has 0 radical (unpaired) electrons. The zero-order valence-corrected chi connectivity index (χ0v) is 8.86. The quantitative estimate of drug-likeness (QED) is 0.787. The highest BCUT2D eigenvalue weighted by atomic mass is 16.2. The third-order valence-electron chi connectivity index (χ3n) is 2.48. The summed E-state index contributed by atoms with van der Waals surface area (Å²) in [6.07, 6.45) is 1.47. The predicted molar refractivity (Wildman–Crippen MR) is 59.6 cm³/mol. The van der Waals surface area contributed by atoms with Gasteiger partial charge in [-0.25, -0.2) is 4.79 Å². The summed E-state index contributed by atoms with van der Waals surface area (Å²) in [7, 11) is 0. The predicted octanol–water partition coefficient (Wildman–Crippen LogP) is 1.51. The molecule has 0 bridgehead atoms. The summed E-state index contributed by atoms with van der Waals surface area (Å²) in [4.78, 5) is 22.7. The zero-order valence-electron chi connectivity index (χ0n) is 8.86. The van der Waals surface area contributed by atoms with Crippen molar-refractivity contribution >= 4 is 11.8 Å². The first-order valence-electron chi connectivity index (χ1n) is 5.01. The molecule has 16 heavy (non-hydrogen) atoms. The number of hydrogen-bond donors (Lipinski definition) is 2. The summed E-state index contributed by atoms with van der Waals surface area (Å²) in [6.45, 7) is 1.49. The molecule has 1 atom stereocenters. The van der Waals surface area contributed by atoms with Gasteiger partial charge in [0.05, 0.1) is 6.04 Å². The molecule has 1 aliphatic rings. The summed E-state index contributed by atoms with van der Waals surface area (Å²) in [5, 5.41) is 5.21. The summed E-state index contributed by atoms with van der Waals surface area (Å²) in [6, 6.07) is 8.76. The minimum Gasteiger partial charge on any atom is -0.327 e. The average Bonchev–Trinajstić information content (AvgIpc) is 2.29. The van der Waals surface area contributed by atoms with Gasteiger partial charge in [-0.05, 0) is 12.5 Å². The van der Waals surface area contributed by atoms with Crippen molar-refractivity contribution in [3.63, 3.8) is 0 Å². The Balaban J connectivity index is 2.38. The van der Waals surface area contributed by atoms with Crippen LogP contribution in [0.5, 0.6) is 0 Å². The molecule has 0 aromatic heterocycles. The molecule has 0 unspecified atom stereocenters. The monoisotopic (exact) mass is 216 g/mol. The Morgan fingerprint density at radius 1 is 1.25 bits per heavy atom. The maximum Gasteiger partial charge on any atom is 0.319 e. The Kier molecular flexibility index (Phi) is 2.72. The molecule has 1 aromatic rings. The molecule has 0 saturated heterocycles. The van der Waals surface area contributed by atoms with Gasteiger partial charge in [-0.2, -0.15) is 0 Å². The zero-order chi connectivity index (χ0) is 11.5. The van der Waals surface area contributed by atoms with Crippen LogP contribution >= 0.6 is 0 Å². The Morgan fingerprint density at radius 3 is 2.56 bits per heavy atom. The van der Waals surface area contributed by atoms with Crippen LogP contribution in [-0.4, -0.2) is 11.8 Å². The molecule has 2 rings (SSSR count). The first-order chi connectivity index (χ1) is 7.68. The normalized spacial score (nSPS) is 19.4. The van der Waals surface area contributed by atoms with E-state index in [-0.39, 0.29) is 17.9 Å². The molecule has 82 valence electrons. The lowest BCUT2D eigenvalue weighted by molar-refractivity contribution is -0.114. The molecular weight excluding hydrogens is 204 g/mol. The van der Waals surface area contributed by atoms with Gasteiger partial charge in [0.25, 0.3) is 0 Å². The van der Waals surface area contributed by atoms with Gasteiger partial charge in [-0.1, -0.05) is 30.3 Å². The maximum atomic E-state index is 11.4. The van der Waals surface area contributed by atoms with Crippen molar-refractivity contribution in [2.45, 2.75) is 13.0 Å². The van der Waals surface area contributed by atoms with Crippen molar-refractivity contribution in [1.29, 1.82) is 0 Å². The van der Waals surface area contributed by atoms with Gasteiger partial charge in [0.15, 0.2) is 5.78 Å². The third kappa shape index (κ3) is 1.95. The van der Waals surface area contributed by atoms with Crippen molar-refractivity contribution in [3.8, 4) is 0 Å². The number of rotatable bonds is 2. The smallest absolute Gasteiger partial charge is 0.319 e. The van der Waals surface area contributed by atoms with Gasteiger partial charge >= 0.3 is 6.03 Å². The van der Waals surface area contributed by atoms with E-state index in [2.05, 4.69) is 10.6 Å². The molecule has 2 N–H and O–H groups in total. The summed E-state index contributed by atoms with van der Waals surface area (Å²) in [5.41, 5.74) is 1.46. The largest absolute Gasteiger partial charge is 0.327 e. The van der Waals surface area contributed by atoms with Crippen LogP contribution in [0.25, 0.3) is 0 Å². The summed E-state index contributed by atoms with van der Waals surface area (Å²) in [5.74, 6) is -0.0543. The number of benzene rings is 1. The van der Waals surface area contributed by atoms with E-state index in [1.165, 1.54) is 13.1 Å². The number of hydrogen-bond acceptors (Lipinski definition) is 2. The van der Waals surface area contributed by atoms with Gasteiger partial charge in [-0.3, -0.25) is 4.79 Å². The summed E-state index contributed by atoms with van der Waals surface area (Å²) >= 11 is 0. The van der Waals surface area contributed by atoms with E-state index >= 15 is 0 Å². The number of urea groups is 1. The second-order valence-electron chi connectivity index (χ2n) is 3.62. The van der Waals surface area contributed by atoms with E-state index in [0.29, 0.717) is 5.57 Å². The van der Waals surface area contributed by atoms with E-state index in [9.17, 15) is 9.59 Å². The standard InChI is InChI=1S/C12H12N2O2/c1-8(15)10-7-13-12(16)14-11(10)9-5-3-2-4-6-9/h2-7,11H,1H3,(H2,13,14,16)/t11-/m0/s1. The number of nitrogens with one attached hydrogen (secondary N) is 2. The molecule has 1 aromatic carbocycles. The highest BCUT2D eigenvalue weighted by molar-refractivity contribution is 5.97. The molecule has 4 heteroatoms. The Bertz CT molecular complexity index is 451. The lowest BCUT2D eigenvalue weighted by Crippen LogP contribution is -2.42. The molecule has 0 saturated carbocycles. The first-order valence-corrected chi connectivity index (χ1v) is 5.01. The first kappa shape index (κ1) is 10.4. The Morgan fingerprint density at radius 2 is 1.94 bits per heavy atom. The van der Waals surface area contributed by atoms with E-state index in [1.807, 2.05) is 30.3 Å². The number of carbonyl (C=O) groups is 2. The van der Waals surface area contributed by atoms with Crippen molar-refractivity contribution in [2.24, 2.45) is 0 Å². The van der Waals surface area contributed by atoms with E-state index in [1.54, 1.807) is 0 Å². The fourth-order valence-electron chi connectivity index (χ4n) is 1.69. The fourth-order valence-corrected chi connectivity index (χ4v) is 1.69. The second-order valence-corrected chi connectivity index (χ2v) is 3.62. The fraction of sp³-hybridized carbons (Fsp3) is 0.167. The van der Waals surface area contributed by atoms with Gasteiger partial charge in [-0.15, -0.1) is 0 Å². The molecule has 4 nitrogen and oxygen atoms in total. The molecule has 0 fully saturated rings. The lowest BCUT2D eigenvalue weighted by Gasteiger charge is -2.24. The minimum absolute atomic E-state index is 0.0543. The Labute approximate surface area is 93.3 Å². The minimum atomic E-state index is -0.354. The third-order valence-corrected chi connectivity index (χ3v) is 2.48. The second kappa shape index (κ2) is 4.18. The molecular formula is C12H12N2O2. The lowest BCUT2D eigenvalue weighted by atomic mass is 9.96. The summed E-state index contributed by atoms with van der Waals surface area (Å²) < 4.78 is 0. The van der Waals surface area contributed by atoms with Crippen LogP contribution in [0, 0.1) is 0 Å². The number of carbonyl (C=O) groups excluding carboxylic acids is 2. The van der Waals surface area contributed by atoms with E-state index in [4.69, 9.17) is 0 Å². The van der Waals surface area contributed by atoms with Crippen molar-refractivity contribution in [3.05, 3.63) is 47.7 Å². The highest BCUT2D eigenvalue weighted by Gasteiger charge is 2.25. The van der Waals surface area contributed by atoms with Gasteiger partial charge in [0, 0.05) is 11.8 Å².